The maximum Gasteiger partial charge on any atom is 0.245 e. The lowest BCUT2D eigenvalue weighted by atomic mass is 9.95. The number of rotatable bonds is 6. The van der Waals surface area contributed by atoms with E-state index in [4.69, 9.17) is 10.5 Å². The monoisotopic (exact) mass is 236 g/mol. The fourth-order valence-electron chi connectivity index (χ4n) is 1.75. The van der Waals surface area contributed by atoms with Gasteiger partial charge in [-0.2, -0.15) is 0 Å². The summed E-state index contributed by atoms with van der Waals surface area (Å²) in [6.07, 6.45) is 0.574. The van der Waals surface area contributed by atoms with Gasteiger partial charge < -0.3 is 15.8 Å². The summed E-state index contributed by atoms with van der Waals surface area (Å²) in [5.74, 6) is -0.398. The van der Waals surface area contributed by atoms with E-state index in [0.29, 0.717) is 6.42 Å². The Hall–Kier alpha value is -1.55. The number of hydrogen-bond acceptors (Lipinski definition) is 3. The van der Waals surface area contributed by atoms with E-state index in [1.807, 2.05) is 38.1 Å². The van der Waals surface area contributed by atoms with Crippen LogP contribution in [0.25, 0.3) is 0 Å². The van der Waals surface area contributed by atoms with Crippen LogP contribution in [0.3, 0.4) is 0 Å². The lowest BCUT2D eigenvalue weighted by molar-refractivity contribution is -0.124. The topological polar surface area (TPSA) is 64.3 Å². The number of nitrogens with one attached hydrogen (secondary N) is 1. The van der Waals surface area contributed by atoms with Crippen LogP contribution in [0, 0.1) is 6.92 Å². The Kier molecular flexibility index (Phi) is 4.52. The Morgan fingerprint density at radius 1 is 1.47 bits per heavy atom. The molecule has 1 unspecified atom stereocenters. The van der Waals surface area contributed by atoms with Crippen LogP contribution in [0.4, 0.5) is 5.69 Å². The Morgan fingerprint density at radius 3 is 2.59 bits per heavy atom. The van der Waals surface area contributed by atoms with Gasteiger partial charge in [-0.05, 0) is 25.0 Å². The zero-order valence-corrected chi connectivity index (χ0v) is 10.6. The van der Waals surface area contributed by atoms with Gasteiger partial charge in [0, 0.05) is 12.8 Å². The van der Waals surface area contributed by atoms with E-state index < -0.39 is 11.4 Å². The van der Waals surface area contributed by atoms with Gasteiger partial charge in [-0.25, -0.2) is 0 Å². The highest BCUT2D eigenvalue weighted by Crippen LogP contribution is 2.22. The van der Waals surface area contributed by atoms with Crippen LogP contribution in [-0.2, 0) is 9.53 Å². The summed E-state index contributed by atoms with van der Waals surface area (Å²) in [6.45, 7) is 4.15. The maximum absolute atomic E-state index is 11.6. The van der Waals surface area contributed by atoms with Crippen molar-refractivity contribution < 1.29 is 9.53 Å². The molecule has 0 spiro atoms. The van der Waals surface area contributed by atoms with Crippen molar-refractivity contribution in [1.29, 1.82) is 0 Å². The molecule has 3 N–H and O–H groups in total. The van der Waals surface area contributed by atoms with E-state index in [-0.39, 0.29) is 6.61 Å². The second-order valence-electron chi connectivity index (χ2n) is 4.17. The molecule has 0 radical (unpaired) electrons. The van der Waals surface area contributed by atoms with Crippen LogP contribution in [0.5, 0.6) is 0 Å². The number of amides is 1. The fraction of sp³-hybridized carbons (Fsp3) is 0.462. The number of hydrogen-bond donors (Lipinski definition) is 2. The minimum Gasteiger partial charge on any atom is -0.382 e. The molecule has 0 saturated heterocycles. The Balaban J connectivity index is 3.01. The molecule has 1 amide bonds. The minimum atomic E-state index is -0.846. The van der Waals surface area contributed by atoms with Crippen LogP contribution in [-0.4, -0.2) is 25.2 Å². The molecule has 0 aliphatic rings. The summed E-state index contributed by atoms with van der Waals surface area (Å²) in [7, 11) is 1.56. The second-order valence-corrected chi connectivity index (χ2v) is 4.17. The molecule has 4 heteroatoms. The van der Waals surface area contributed by atoms with Gasteiger partial charge in [0.25, 0.3) is 0 Å². The number of carbonyl (C=O) groups is 1. The molecule has 1 rings (SSSR count). The van der Waals surface area contributed by atoms with Gasteiger partial charge in [0.1, 0.15) is 5.54 Å². The standard InChI is InChI=1S/C13H20N2O2/c1-4-13(9-17-3,12(14)16)15-11-8-6-5-7-10(11)2/h5-8,15H,4,9H2,1-3H3,(H2,14,16). The predicted molar refractivity (Wildman–Crippen MR) is 68.9 cm³/mol. The zero-order valence-electron chi connectivity index (χ0n) is 10.6. The lowest BCUT2D eigenvalue weighted by Crippen LogP contribution is -2.53. The third-order valence-corrected chi connectivity index (χ3v) is 2.98. The van der Waals surface area contributed by atoms with E-state index in [2.05, 4.69) is 5.32 Å². The van der Waals surface area contributed by atoms with Crippen molar-refractivity contribution in [2.24, 2.45) is 5.73 Å². The number of anilines is 1. The first-order valence-corrected chi connectivity index (χ1v) is 5.68. The van der Waals surface area contributed by atoms with Crippen molar-refractivity contribution >= 4 is 11.6 Å². The molecule has 1 atom stereocenters. The van der Waals surface area contributed by atoms with Crippen LogP contribution < -0.4 is 11.1 Å². The normalized spacial score (nSPS) is 14.1. The molecule has 0 saturated carbocycles. The zero-order chi connectivity index (χ0) is 12.9. The van der Waals surface area contributed by atoms with E-state index in [9.17, 15) is 4.79 Å². The number of ether oxygens (including phenoxy) is 1. The summed E-state index contributed by atoms with van der Waals surface area (Å²) in [6, 6.07) is 7.78. The number of para-hydroxylation sites is 1. The number of methoxy groups -OCH3 is 1. The highest BCUT2D eigenvalue weighted by Gasteiger charge is 2.35. The van der Waals surface area contributed by atoms with Crippen molar-refractivity contribution in [3.05, 3.63) is 29.8 Å². The molecule has 0 aliphatic carbocycles. The SMILES string of the molecule is CCC(COC)(Nc1ccccc1C)C(N)=O. The van der Waals surface area contributed by atoms with Crippen molar-refractivity contribution in [2.75, 3.05) is 19.0 Å². The molecule has 0 aromatic heterocycles. The van der Waals surface area contributed by atoms with Crippen molar-refractivity contribution in [2.45, 2.75) is 25.8 Å². The molecule has 0 fully saturated rings. The van der Waals surface area contributed by atoms with Crippen molar-refractivity contribution in [3.8, 4) is 0 Å². The smallest absolute Gasteiger partial charge is 0.245 e. The van der Waals surface area contributed by atoms with Crippen LogP contribution in [0.15, 0.2) is 24.3 Å². The quantitative estimate of drug-likeness (QED) is 0.790. The lowest BCUT2D eigenvalue weighted by Gasteiger charge is -2.31. The van der Waals surface area contributed by atoms with Gasteiger partial charge in [-0.1, -0.05) is 25.1 Å². The van der Waals surface area contributed by atoms with Gasteiger partial charge in [-0.3, -0.25) is 4.79 Å². The number of aryl methyl sites for hydroxylation is 1. The Labute approximate surface area is 102 Å². The highest BCUT2D eigenvalue weighted by molar-refractivity contribution is 5.88. The summed E-state index contributed by atoms with van der Waals surface area (Å²) in [5.41, 5.74) is 6.62. The predicted octanol–water partition coefficient (Wildman–Crippen LogP) is 1.69. The number of primary amides is 1. The van der Waals surface area contributed by atoms with Crippen molar-refractivity contribution in [3.63, 3.8) is 0 Å². The van der Waals surface area contributed by atoms with Crippen LogP contribution in [0.1, 0.15) is 18.9 Å². The first-order chi connectivity index (χ1) is 8.05. The van der Waals surface area contributed by atoms with Gasteiger partial charge >= 0.3 is 0 Å². The van der Waals surface area contributed by atoms with E-state index >= 15 is 0 Å². The van der Waals surface area contributed by atoms with E-state index in [1.165, 1.54) is 0 Å². The summed E-state index contributed by atoms with van der Waals surface area (Å²) >= 11 is 0. The van der Waals surface area contributed by atoms with E-state index in [0.717, 1.165) is 11.3 Å². The third-order valence-electron chi connectivity index (χ3n) is 2.98. The molecule has 94 valence electrons. The third kappa shape index (κ3) is 2.97. The Bertz CT molecular complexity index is 393. The number of benzene rings is 1. The summed E-state index contributed by atoms with van der Waals surface area (Å²) in [5, 5.41) is 3.21. The molecule has 4 nitrogen and oxygen atoms in total. The maximum atomic E-state index is 11.6. The first-order valence-electron chi connectivity index (χ1n) is 5.68. The highest BCUT2D eigenvalue weighted by atomic mass is 16.5. The van der Waals surface area contributed by atoms with Crippen LogP contribution >= 0.6 is 0 Å². The minimum absolute atomic E-state index is 0.257. The average Bonchev–Trinajstić information content (AvgIpc) is 2.31. The molecule has 0 heterocycles. The molecule has 17 heavy (non-hydrogen) atoms. The fourth-order valence-corrected chi connectivity index (χ4v) is 1.75. The Morgan fingerprint density at radius 2 is 2.12 bits per heavy atom. The molecule has 1 aromatic carbocycles. The molecular formula is C13H20N2O2. The molecule has 0 aliphatic heterocycles. The largest absolute Gasteiger partial charge is 0.382 e. The van der Waals surface area contributed by atoms with Gasteiger partial charge in [-0.15, -0.1) is 0 Å². The average molecular weight is 236 g/mol. The van der Waals surface area contributed by atoms with Crippen molar-refractivity contribution in [1.82, 2.24) is 0 Å². The number of carbonyl (C=O) groups excluding carboxylic acids is 1. The van der Waals surface area contributed by atoms with E-state index in [1.54, 1.807) is 7.11 Å². The second kappa shape index (κ2) is 5.68. The molecular weight excluding hydrogens is 216 g/mol. The first kappa shape index (κ1) is 13.5. The molecule has 1 aromatic rings. The van der Waals surface area contributed by atoms with Gasteiger partial charge in [0.2, 0.25) is 5.91 Å². The molecule has 0 bridgehead atoms. The summed E-state index contributed by atoms with van der Waals surface area (Å²) < 4.78 is 5.11. The van der Waals surface area contributed by atoms with Gasteiger partial charge in [0.15, 0.2) is 0 Å². The van der Waals surface area contributed by atoms with Crippen LogP contribution in [0.2, 0.25) is 0 Å². The number of nitrogens with two attached hydrogens (primary N) is 1. The van der Waals surface area contributed by atoms with Gasteiger partial charge in [0.05, 0.1) is 6.61 Å². The summed E-state index contributed by atoms with van der Waals surface area (Å²) in [4.78, 5) is 11.6.